The van der Waals surface area contributed by atoms with Crippen LogP contribution in [0.1, 0.15) is 15.9 Å². The number of aromatic amines is 1. The van der Waals surface area contributed by atoms with E-state index in [0.717, 1.165) is 0 Å². The number of hydrogen-bond donors (Lipinski definition) is 2. The number of aromatic nitrogens is 1. The molecule has 2 rings (SSSR count). The highest BCUT2D eigenvalue weighted by atomic mass is 16.4. The molecular weight excluding hydrogens is 206 g/mol. The molecule has 0 saturated heterocycles. The number of pyridine rings is 1. The zero-order chi connectivity index (χ0) is 11.7. The van der Waals surface area contributed by atoms with E-state index < -0.39 is 11.5 Å². The van der Waals surface area contributed by atoms with Crippen LogP contribution in [0.3, 0.4) is 0 Å². The largest absolute Gasteiger partial charge is 0.477 e. The summed E-state index contributed by atoms with van der Waals surface area (Å²) < 4.78 is 0. The smallest absolute Gasteiger partial charge is 0.341 e. The zero-order valence-electron chi connectivity index (χ0n) is 8.15. The molecule has 78 valence electrons. The first kappa shape index (κ1) is 9.99. The molecule has 0 fully saturated rings. The number of H-pyrrole nitrogens is 1. The van der Waals surface area contributed by atoms with Gasteiger partial charge in [-0.2, -0.15) is 0 Å². The van der Waals surface area contributed by atoms with Gasteiger partial charge in [0.25, 0.3) is 5.56 Å². The van der Waals surface area contributed by atoms with Crippen molar-refractivity contribution in [3.05, 3.63) is 45.7 Å². The molecule has 0 saturated carbocycles. The van der Waals surface area contributed by atoms with Crippen molar-refractivity contribution in [2.75, 3.05) is 0 Å². The molecular formula is C12H7NO3. The van der Waals surface area contributed by atoms with Crippen LogP contribution in [-0.2, 0) is 0 Å². The molecule has 2 N–H and O–H groups in total. The van der Waals surface area contributed by atoms with E-state index in [1.165, 1.54) is 6.07 Å². The Hall–Kier alpha value is -2.54. The fourth-order valence-corrected chi connectivity index (χ4v) is 1.45. The third-order valence-corrected chi connectivity index (χ3v) is 2.24. The number of benzene rings is 1. The molecule has 4 nitrogen and oxygen atoms in total. The summed E-state index contributed by atoms with van der Waals surface area (Å²) >= 11 is 0. The summed E-state index contributed by atoms with van der Waals surface area (Å²) in [6.45, 7) is 0. The fourth-order valence-electron chi connectivity index (χ4n) is 1.45. The number of hydrogen-bond acceptors (Lipinski definition) is 2. The predicted octanol–water partition coefficient (Wildman–Crippen LogP) is 1.21. The number of carbonyl (C=O) groups is 1. The third-order valence-electron chi connectivity index (χ3n) is 2.24. The Morgan fingerprint density at radius 3 is 2.75 bits per heavy atom. The Balaban J connectivity index is 2.80. The second-order valence-corrected chi connectivity index (χ2v) is 3.26. The lowest BCUT2D eigenvalue weighted by Gasteiger charge is -2.00. The molecule has 0 atom stereocenters. The van der Waals surface area contributed by atoms with Crippen molar-refractivity contribution in [1.29, 1.82) is 0 Å². The monoisotopic (exact) mass is 213 g/mol. The van der Waals surface area contributed by atoms with Gasteiger partial charge in [0.15, 0.2) is 0 Å². The first-order chi connectivity index (χ1) is 7.61. The minimum absolute atomic E-state index is 0.277. The van der Waals surface area contributed by atoms with Gasteiger partial charge in [-0.3, -0.25) is 4.79 Å². The van der Waals surface area contributed by atoms with Crippen LogP contribution < -0.4 is 5.56 Å². The minimum Gasteiger partial charge on any atom is -0.477 e. The van der Waals surface area contributed by atoms with Gasteiger partial charge in [0.05, 0.1) is 0 Å². The van der Waals surface area contributed by atoms with E-state index in [-0.39, 0.29) is 5.56 Å². The van der Waals surface area contributed by atoms with Crippen LogP contribution in [0.2, 0.25) is 0 Å². The second kappa shape index (κ2) is 3.55. The SMILES string of the molecule is C#Cc1ccc2cc(C(=O)O)c(=O)[nH]c2c1. The maximum Gasteiger partial charge on any atom is 0.341 e. The summed E-state index contributed by atoms with van der Waals surface area (Å²) in [5, 5.41) is 9.41. The number of carboxylic acid groups (broad SMARTS) is 1. The molecule has 1 heterocycles. The molecule has 0 aliphatic carbocycles. The Kier molecular flexibility index (Phi) is 2.22. The third kappa shape index (κ3) is 1.55. The van der Waals surface area contributed by atoms with Crippen LogP contribution in [0, 0.1) is 12.3 Å². The molecule has 16 heavy (non-hydrogen) atoms. The van der Waals surface area contributed by atoms with E-state index in [0.29, 0.717) is 16.5 Å². The Labute approximate surface area is 90.5 Å². The molecule has 0 aliphatic heterocycles. The van der Waals surface area contributed by atoms with E-state index >= 15 is 0 Å². The van der Waals surface area contributed by atoms with Gasteiger partial charge in [-0.15, -0.1) is 6.42 Å². The quantitative estimate of drug-likeness (QED) is 0.699. The van der Waals surface area contributed by atoms with Crippen LogP contribution in [0.25, 0.3) is 10.9 Å². The maximum atomic E-state index is 11.4. The fraction of sp³-hybridized carbons (Fsp3) is 0. The molecule has 4 heteroatoms. The van der Waals surface area contributed by atoms with Gasteiger partial charge in [-0.25, -0.2) is 4.79 Å². The van der Waals surface area contributed by atoms with Crippen molar-refractivity contribution in [2.24, 2.45) is 0 Å². The van der Waals surface area contributed by atoms with Gasteiger partial charge in [0, 0.05) is 11.1 Å². The summed E-state index contributed by atoms with van der Waals surface area (Å²) in [6, 6.07) is 6.32. The summed E-state index contributed by atoms with van der Waals surface area (Å²) in [5.41, 5.74) is 0.256. The summed E-state index contributed by atoms with van der Waals surface area (Å²) in [7, 11) is 0. The van der Waals surface area contributed by atoms with Gasteiger partial charge in [-0.05, 0) is 23.6 Å². The highest BCUT2D eigenvalue weighted by Gasteiger charge is 2.09. The van der Waals surface area contributed by atoms with E-state index in [1.807, 2.05) is 0 Å². The van der Waals surface area contributed by atoms with Crippen LogP contribution in [0.5, 0.6) is 0 Å². The standard InChI is InChI=1S/C12H7NO3/c1-2-7-3-4-8-6-9(12(15)16)11(14)13-10(8)5-7/h1,3-6H,(H,13,14)(H,15,16). The summed E-state index contributed by atoms with van der Waals surface area (Å²) in [5.74, 6) is 1.19. The summed E-state index contributed by atoms with van der Waals surface area (Å²) in [6.07, 6.45) is 5.22. The normalized spacial score (nSPS) is 9.94. The van der Waals surface area contributed by atoms with Crippen LogP contribution >= 0.6 is 0 Å². The molecule has 0 aliphatic rings. The highest BCUT2D eigenvalue weighted by Crippen LogP contribution is 2.12. The van der Waals surface area contributed by atoms with E-state index in [4.69, 9.17) is 11.5 Å². The van der Waals surface area contributed by atoms with Crippen LogP contribution in [0.4, 0.5) is 0 Å². The molecule has 0 radical (unpaired) electrons. The minimum atomic E-state index is -1.25. The average molecular weight is 213 g/mol. The molecule has 0 unspecified atom stereocenters. The Morgan fingerprint density at radius 2 is 2.12 bits per heavy atom. The lowest BCUT2D eigenvalue weighted by Crippen LogP contribution is -2.16. The first-order valence-electron chi connectivity index (χ1n) is 4.49. The molecule has 0 spiro atoms. The lowest BCUT2D eigenvalue weighted by molar-refractivity contribution is 0.0695. The van der Waals surface area contributed by atoms with Crippen molar-refractivity contribution in [3.8, 4) is 12.3 Å². The molecule has 2 aromatic rings. The predicted molar refractivity (Wildman–Crippen MR) is 59.5 cm³/mol. The topological polar surface area (TPSA) is 70.2 Å². The van der Waals surface area contributed by atoms with Crippen molar-refractivity contribution in [1.82, 2.24) is 4.98 Å². The van der Waals surface area contributed by atoms with Crippen LogP contribution in [-0.4, -0.2) is 16.1 Å². The Morgan fingerprint density at radius 1 is 1.38 bits per heavy atom. The van der Waals surface area contributed by atoms with E-state index in [1.54, 1.807) is 18.2 Å². The van der Waals surface area contributed by atoms with Gasteiger partial charge in [0.2, 0.25) is 0 Å². The van der Waals surface area contributed by atoms with Crippen molar-refractivity contribution in [2.45, 2.75) is 0 Å². The second-order valence-electron chi connectivity index (χ2n) is 3.26. The first-order valence-corrected chi connectivity index (χ1v) is 4.49. The van der Waals surface area contributed by atoms with E-state index in [9.17, 15) is 9.59 Å². The van der Waals surface area contributed by atoms with Gasteiger partial charge < -0.3 is 10.1 Å². The molecule has 0 bridgehead atoms. The van der Waals surface area contributed by atoms with Gasteiger partial charge in [0.1, 0.15) is 5.56 Å². The average Bonchev–Trinajstić information content (AvgIpc) is 2.27. The number of carboxylic acids is 1. The number of aromatic carboxylic acids is 1. The van der Waals surface area contributed by atoms with Crippen molar-refractivity contribution in [3.63, 3.8) is 0 Å². The number of terminal acetylenes is 1. The zero-order valence-corrected chi connectivity index (χ0v) is 8.15. The van der Waals surface area contributed by atoms with Gasteiger partial charge >= 0.3 is 5.97 Å². The number of nitrogens with one attached hydrogen (secondary N) is 1. The molecule has 1 aromatic carbocycles. The van der Waals surface area contributed by atoms with Gasteiger partial charge in [-0.1, -0.05) is 12.0 Å². The van der Waals surface area contributed by atoms with Crippen molar-refractivity contribution < 1.29 is 9.90 Å². The lowest BCUT2D eigenvalue weighted by atomic mass is 10.1. The number of rotatable bonds is 1. The summed E-state index contributed by atoms with van der Waals surface area (Å²) in [4.78, 5) is 24.6. The Bertz CT molecular complexity index is 677. The molecule has 1 aromatic heterocycles. The number of fused-ring (bicyclic) bond motifs is 1. The van der Waals surface area contributed by atoms with E-state index in [2.05, 4.69) is 10.9 Å². The maximum absolute atomic E-state index is 11.4. The van der Waals surface area contributed by atoms with Crippen molar-refractivity contribution >= 4 is 16.9 Å². The van der Waals surface area contributed by atoms with Crippen LogP contribution in [0.15, 0.2) is 29.1 Å². The highest BCUT2D eigenvalue weighted by molar-refractivity contribution is 5.92. The molecule has 0 amide bonds.